The summed E-state index contributed by atoms with van der Waals surface area (Å²) in [5, 5.41) is 9.43. The van der Waals surface area contributed by atoms with Crippen molar-refractivity contribution in [1.29, 1.82) is 5.26 Å². The molecule has 1 spiro atoms. The van der Waals surface area contributed by atoms with Gasteiger partial charge in [-0.15, -0.1) is 0 Å². The quantitative estimate of drug-likeness (QED) is 0.278. The van der Waals surface area contributed by atoms with Gasteiger partial charge in [0.2, 0.25) is 0 Å². The van der Waals surface area contributed by atoms with Crippen LogP contribution in [0.4, 0.5) is 17.1 Å². The summed E-state index contributed by atoms with van der Waals surface area (Å²) >= 11 is 0. The first-order valence-corrected chi connectivity index (χ1v) is 12.3. The van der Waals surface area contributed by atoms with Crippen LogP contribution in [0, 0.1) is 17.9 Å². The zero-order valence-corrected chi connectivity index (χ0v) is 20.1. The minimum Gasteiger partial charge on any atom is -0.487 e. The van der Waals surface area contributed by atoms with Crippen LogP contribution in [0.25, 0.3) is 10.9 Å². The SMILES string of the molecule is [C-]#[N+]/C(C#N)=C1C=C(/C=C/c2ccc(N(c3ccccc3)c3ccccc3)cc2)OC2(CCCC2)C/1. The molecule has 1 aliphatic carbocycles. The largest absolute Gasteiger partial charge is 0.487 e. The second kappa shape index (κ2) is 10.4. The summed E-state index contributed by atoms with van der Waals surface area (Å²) in [5.74, 6) is 0.717. The minimum atomic E-state index is -0.285. The third kappa shape index (κ3) is 4.95. The highest BCUT2D eigenvalue weighted by Gasteiger charge is 2.39. The Morgan fingerprint density at radius 1 is 0.861 bits per heavy atom. The lowest BCUT2D eigenvalue weighted by atomic mass is 9.88. The van der Waals surface area contributed by atoms with Crippen LogP contribution < -0.4 is 4.90 Å². The number of para-hydroxylation sites is 2. The van der Waals surface area contributed by atoms with Crippen molar-refractivity contribution >= 4 is 23.1 Å². The number of nitriles is 1. The van der Waals surface area contributed by atoms with E-state index in [1.807, 2.05) is 54.6 Å². The average Bonchev–Trinajstić information content (AvgIpc) is 3.37. The average molecular weight is 470 g/mol. The molecular weight excluding hydrogens is 442 g/mol. The van der Waals surface area contributed by atoms with Gasteiger partial charge in [0.15, 0.2) is 0 Å². The van der Waals surface area contributed by atoms with Crippen molar-refractivity contribution in [1.82, 2.24) is 0 Å². The van der Waals surface area contributed by atoms with E-state index in [1.54, 1.807) is 0 Å². The Balaban J connectivity index is 1.42. The molecule has 1 saturated carbocycles. The Labute approximate surface area is 212 Å². The lowest BCUT2D eigenvalue weighted by molar-refractivity contribution is 0.00776. The summed E-state index contributed by atoms with van der Waals surface area (Å²) in [6, 6.07) is 31.2. The molecule has 0 saturated heterocycles. The lowest BCUT2D eigenvalue weighted by Crippen LogP contribution is -2.31. The normalized spacial score (nSPS) is 17.7. The van der Waals surface area contributed by atoms with Crippen molar-refractivity contribution in [3.05, 3.63) is 131 Å². The van der Waals surface area contributed by atoms with E-state index in [0.29, 0.717) is 12.2 Å². The van der Waals surface area contributed by atoms with Gasteiger partial charge in [0.05, 0.1) is 12.6 Å². The molecule has 0 atom stereocenters. The van der Waals surface area contributed by atoms with Crippen LogP contribution in [-0.2, 0) is 4.74 Å². The maximum Gasteiger partial charge on any atom is 0.265 e. The first-order chi connectivity index (χ1) is 17.7. The molecule has 0 unspecified atom stereocenters. The number of hydrogen-bond donors (Lipinski definition) is 0. The number of ether oxygens (including phenoxy) is 1. The second-order valence-electron chi connectivity index (χ2n) is 9.24. The van der Waals surface area contributed by atoms with Gasteiger partial charge in [-0.1, -0.05) is 54.6 Å². The van der Waals surface area contributed by atoms with Crippen molar-refractivity contribution in [2.75, 3.05) is 4.90 Å². The van der Waals surface area contributed by atoms with Gasteiger partial charge in [0, 0.05) is 23.5 Å². The van der Waals surface area contributed by atoms with Crippen LogP contribution in [0.15, 0.2) is 114 Å². The molecule has 0 radical (unpaired) electrons. The van der Waals surface area contributed by atoms with E-state index in [-0.39, 0.29) is 11.3 Å². The predicted molar refractivity (Wildman–Crippen MR) is 144 cm³/mol. The van der Waals surface area contributed by atoms with E-state index in [4.69, 9.17) is 11.3 Å². The number of hydrogen-bond acceptors (Lipinski definition) is 3. The molecule has 1 aliphatic heterocycles. The van der Waals surface area contributed by atoms with E-state index in [2.05, 4.69) is 64.3 Å². The van der Waals surface area contributed by atoms with Crippen LogP contribution in [0.1, 0.15) is 37.7 Å². The molecule has 4 nitrogen and oxygen atoms in total. The number of nitrogens with zero attached hydrogens (tertiary/aromatic N) is 3. The van der Waals surface area contributed by atoms with Crippen molar-refractivity contribution in [2.24, 2.45) is 0 Å². The van der Waals surface area contributed by atoms with E-state index in [1.165, 1.54) is 0 Å². The molecule has 0 amide bonds. The zero-order chi connectivity index (χ0) is 24.8. The van der Waals surface area contributed by atoms with E-state index in [9.17, 15) is 5.26 Å². The number of benzene rings is 3. The number of rotatable bonds is 5. The molecule has 3 aromatic rings. The molecule has 5 rings (SSSR count). The lowest BCUT2D eigenvalue weighted by Gasteiger charge is -2.35. The highest BCUT2D eigenvalue weighted by Crippen LogP contribution is 2.44. The first kappa shape index (κ1) is 23.2. The Bertz CT molecular complexity index is 1330. The van der Waals surface area contributed by atoms with Gasteiger partial charge in [0.25, 0.3) is 5.70 Å². The molecule has 4 heteroatoms. The first-order valence-electron chi connectivity index (χ1n) is 12.3. The third-order valence-electron chi connectivity index (χ3n) is 6.82. The molecule has 3 aromatic carbocycles. The fraction of sp³-hybridized carbons (Fsp3) is 0.188. The van der Waals surface area contributed by atoms with Crippen molar-refractivity contribution in [3.8, 4) is 6.07 Å². The third-order valence-corrected chi connectivity index (χ3v) is 6.82. The second-order valence-corrected chi connectivity index (χ2v) is 9.24. The zero-order valence-electron chi connectivity index (χ0n) is 20.1. The summed E-state index contributed by atoms with van der Waals surface area (Å²) in [5.41, 5.74) is 4.99. The van der Waals surface area contributed by atoms with Crippen LogP contribution in [0.5, 0.6) is 0 Å². The molecule has 176 valence electrons. The van der Waals surface area contributed by atoms with Crippen LogP contribution >= 0.6 is 0 Å². The Hall–Kier alpha value is -4.54. The predicted octanol–water partition coefficient (Wildman–Crippen LogP) is 8.48. The Morgan fingerprint density at radius 2 is 1.44 bits per heavy atom. The highest BCUT2D eigenvalue weighted by molar-refractivity contribution is 5.77. The van der Waals surface area contributed by atoms with Crippen molar-refractivity contribution in [2.45, 2.75) is 37.7 Å². The van der Waals surface area contributed by atoms with Crippen LogP contribution in [-0.4, -0.2) is 5.60 Å². The topological polar surface area (TPSA) is 40.6 Å². The Morgan fingerprint density at radius 3 is 2.00 bits per heavy atom. The van der Waals surface area contributed by atoms with E-state index in [0.717, 1.165) is 53.9 Å². The van der Waals surface area contributed by atoms with Crippen molar-refractivity contribution in [3.63, 3.8) is 0 Å². The molecule has 0 aromatic heterocycles. The maximum absolute atomic E-state index is 9.43. The van der Waals surface area contributed by atoms with E-state index >= 15 is 0 Å². The van der Waals surface area contributed by atoms with Gasteiger partial charge >= 0.3 is 0 Å². The number of anilines is 3. The van der Waals surface area contributed by atoms with Gasteiger partial charge in [0.1, 0.15) is 11.4 Å². The molecule has 1 fully saturated rings. The Kier molecular flexibility index (Phi) is 6.69. The summed E-state index contributed by atoms with van der Waals surface area (Å²) in [7, 11) is 0. The molecule has 0 bridgehead atoms. The van der Waals surface area contributed by atoms with Gasteiger partial charge in [-0.25, -0.2) is 10.1 Å². The molecular formula is C32H27N3O. The minimum absolute atomic E-state index is 0.168. The van der Waals surface area contributed by atoms with Crippen LogP contribution in [0.2, 0.25) is 0 Å². The monoisotopic (exact) mass is 469 g/mol. The summed E-state index contributed by atoms with van der Waals surface area (Å²) < 4.78 is 6.42. The van der Waals surface area contributed by atoms with Gasteiger partial charge < -0.3 is 9.64 Å². The summed E-state index contributed by atoms with van der Waals surface area (Å²) in [4.78, 5) is 5.68. The summed E-state index contributed by atoms with van der Waals surface area (Å²) in [6.07, 6.45) is 10.6. The number of allylic oxidation sites excluding steroid dienone is 3. The molecule has 2 aliphatic rings. The highest BCUT2D eigenvalue weighted by atomic mass is 16.5. The fourth-order valence-corrected chi connectivity index (χ4v) is 5.10. The molecule has 1 heterocycles. The molecule has 0 N–H and O–H groups in total. The molecule has 36 heavy (non-hydrogen) atoms. The van der Waals surface area contributed by atoms with Gasteiger partial charge in [-0.2, -0.15) is 0 Å². The van der Waals surface area contributed by atoms with Gasteiger partial charge in [-0.3, -0.25) is 0 Å². The fourth-order valence-electron chi connectivity index (χ4n) is 5.10. The van der Waals surface area contributed by atoms with Gasteiger partial charge in [-0.05, 0) is 85.4 Å². The van der Waals surface area contributed by atoms with E-state index < -0.39 is 0 Å². The standard InChI is InChI=1S/C32H27N3O/c1-34-31(24-33)26-22-30(36-32(23-26)20-8-9-21-32)19-16-25-14-17-29(18-15-25)35(27-10-4-2-5-11-27)28-12-6-3-7-13-28/h2-7,10-19,22H,8-9,20-21,23H2/b19-16+,31-26-. The van der Waals surface area contributed by atoms with Crippen LogP contribution in [0.3, 0.4) is 0 Å². The summed E-state index contributed by atoms with van der Waals surface area (Å²) in [6.45, 7) is 7.39. The smallest absolute Gasteiger partial charge is 0.265 e. The van der Waals surface area contributed by atoms with Crippen molar-refractivity contribution < 1.29 is 4.74 Å². The maximum atomic E-state index is 9.43.